The first-order valence-corrected chi connectivity index (χ1v) is 11.3. The van der Waals surface area contributed by atoms with Gasteiger partial charge in [-0.1, -0.05) is 0 Å². The normalized spacial score (nSPS) is 11.7. The lowest BCUT2D eigenvalue weighted by molar-refractivity contribution is -0.142. The number of halogens is 3. The Bertz CT molecular complexity index is 1620. The van der Waals surface area contributed by atoms with Gasteiger partial charge < -0.3 is 5.32 Å². The number of carbonyl (C=O) groups excluding carboxylic acids is 1. The van der Waals surface area contributed by atoms with Gasteiger partial charge in [0.05, 0.1) is 28.1 Å². The summed E-state index contributed by atoms with van der Waals surface area (Å²) in [4.78, 5) is 21.5. The van der Waals surface area contributed by atoms with Gasteiger partial charge in [-0.2, -0.15) is 23.4 Å². The van der Waals surface area contributed by atoms with Crippen LogP contribution in [0.25, 0.3) is 28.1 Å². The highest BCUT2D eigenvalue weighted by Crippen LogP contribution is 2.29. The minimum Gasteiger partial charge on any atom is -0.339 e. The Morgan fingerprint density at radius 1 is 1.05 bits per heavy atom. The smallest absolute Gasteiger partial charge is 0.339 e. The van der Waals surface area contributed by atoms with Crippen molar-refractivity contribution in [3.8, 4) is 17.1 Å². The molecule has 0 bridgehead atoms. The molecule has 5 aromatic rings. The molecule has 4 heterocycles. The molecule has 12 heteroatoms. The van der Waals surface area contributed by atoms with Crippen LogP contribution in [-0.4, -0.2) is 46.5 Å². The highest BCUT2D eigenvalue weighted by atomic mass is 19.4. The topological polar surface area (TPSA) is 103 Å². The first-order valence-electron chi connectivity index (χ1n) is 11.3. The zero-order valence-corrected chi connectivity index (χ0v) is 20.1. The van der Waals surface area contributed by atoms with Crippen LogP contribution in [0.4, 0.5) is 24.7 Å². The van der Waals surface area contributed by atoms with Gasteiger partial charge in [0.15, 0.2) is 11.6 Å². The zero-order valence-electron chi connectivity index (χ0n) is 20.1. The number of ketones is 1. The molecule has 188 valence electrons. The van der Waals surface area contributed by atoms with Crippen LogP contribution in [0.3, 0.4) is 0 Å². The van der Waals surface area contributed by atoms with Crippen molar-refractivity contribution in [2.75, 3.05) is 5.32 Å². The number of Topliss-reactive ketones (excluding diaryl/α,β-unsaturated/α-hetero) is 1. The average molecular weight is 506 g/mol. The van der Waals surface area contributed by atoms with Crippen LogP contribution < -0.4 is 5.32 Å². The molecule has 9 nitrogen and oxygen atoms in total. The van der Waals surface area contributed by atoms with Crippen LogP contribution in [0.1, 0.15) is 28.7 Å². The number of imidazole rings is 1. The average Bonchev–Trinajstić information content (AvgIpc) is 3.41. The predicted molar refractivity (Wildman–Crippen MR) is 131 cm³/mol. The molecule has 1 N–H and O–H groups in total. The van der Waals surface area contributed by atoms with E-state index in [1.807, 2.05) is 37.3 Å². The monoisotopic (exact) mass is 506 g/mol. The third-order valence-corrected chi connectivity index (χ3v) is 5.67. The van der Waals surface area contributed by atoms with Crippen LogP contribution in [-0.2, 0) is 6.54 Å². The lowest BCUT2D eigenvalue weighted by Crippen LogP contribution is -2.17. The van der Waals surface area contributed by atoms with Gasteiger partial charge in [-0.05, 0) is 63.2 Å². The molecule has 0 spiro atoms. The van der Waals surface area contributed by atoms with E-state index in [2.05, 4.69) is 30.6 Å². The highest BCUT2D eigenvalue weighted by molar-refractivity contribution is 6.00. The summed E-state index contributed by atoms with van der Waals surface area (Å²) in [5.74, 6) is 0.787. The SMILES string of the molecule is CC(=O)c1ccc(-n2cnc3cc(Nc4ccc(C)nn4)ccc32)nc1-c1cn(CC(F)(F)F)nc1C. The Morgan fingerprint density at radius 2 is 1.86 bits per heavy atom. The number of nitrogens with zero attached hydrogens (tertiary/aromatic N) is 7. The van der Waals surface area contributed by atoms with Crippen molar-refractivity contribution in [3.63, 3.8) is 0 Å². The Morgan fingerprint density at radius 3 is 2.57 bits per heavy atom. The van der Waals surface area contributed by atoms with Crippen LogP contribution in [0.15, 0.2) is 55.0 Å². The van der Waals surface area contributed by atoms with Crippen LogP contribution in [0.2, 0.25) is 0 Å². The second-order valence-electron chi connectivity index (χ2n) is 8.57. The van der Waals surface area contributed by atoms with Crippen molar-refractivity contribution in [1.82, 2.24) is 34.5 Å². The first-order chi connectivity index (χ1) is 17.6. The Balaban J connectivity index is 1.53. The summed E-state index contributed by atoms with van der Waals surface area (Å²) in [6.07, 6.45) is -1.57. The van der Waals surface area contributed by atoms with Crippen molar-refractivity contribution < 1.29 is 18.0 Å². The van der Waals surface area contributed by atoms with E-state index < -0.39 is 12.7 Å². The number of hydrogen-bond acceptors (Lipinski definition) is 7. The standard InChI is InChI=1S/C25H21F3N8O/c1-14-4-8-22(33-32-14)30-17-5-7-21-20(10-17)29-13-36(21)23-9-6-18(16(3)37)24(31-23)19-11-35(34-15(19)2)12-25(26,27)28/h4-11,13H,12H2,1-3H3,(H,30,33). The molecule has 0 aliphatic carbocycles. The van der Waals surface area contributed by atoms with Gasteiger partial charge in [-0.25, -0.2) is 9.97 Å². The van der Waals surface area contributed by atoms with Gasteiger partial charge in [-0.15, -0.1) is 5.10 Å². The van der Waals surface area contributed by atoms with E-state index in [1.54, 1.807) is 30.0 Å². The molecule has 1 aromatic carbocycles. The molecule has 37 heavy (non-hydrogen) atoms. The number of nitrogens with one attached hydrogen (secondary N) is 1. The number of alkyl halides is 3. The second kappa shape index (κ2) is 9.12. The quantitative estimate of drug-likeness (QED) is 0.316. The molecule has 0 unspecified atom stereocenters. The number of hydrogen-bond donors (Lipinski definition) is 1. The van der Waals surface area contributed by atoms with Crippen molar-refractivity contribution in [2.24, 2.45) is 0 Å². The second-order valence-corrected chi connectivity index (χ2v) is 8.57. The van der Waals surface area contributed by atoms with E-state index in [4.69, 9.17) is 0 Å². The largest absolute Gasteiger partial charge is 0.408 e. The molecule has 0 aliphatic rings. The maximum atomic E-state index is 12.9. The highest BCUT2D eigenvalue weighted by Gasteiger charge is 2.29. The first kappa shape index (κ1) is 24.1. The van der Waals surface area contributed by atoms with Crippen molar-refractivity contribution in [2.45, 2.75) is 33.5 Å². The number of anilines is 2. The number of aryl methyl sites for hydroxylation is 2. The van der Waals surface area contributed by atoms with E-state index in [1.165, 1.54) is 13.1 Å². The van der Waals surface area contributed by atoms with E-state index in [0.29, 0.717) is 28.4 Å². The predicted octanol–water partition coefficient (Wildman–Crippen LogP) is 5.20. The molecular weight excluding hydrogens is 485 g/mol. The van der Waals surface area contributed by atoms with Crippen molar-refractivity contribution in [1.29, 1.82) is 0 Å². The number of carbonyl (C=O) groups is 1. The number of pyridine rings is 1. The van der Waals surface area contributed by atoms with Gasteiger partial charge in [-0.3, -0.25) is 14.0 Å². The van der Waals surface area contributed by atoms with Gasteiger partial charge in [0.2, 0.25) is 0 Å². The summed E-state index contributed by atoms with van der Waals surface area (Å²) < 4.78 is 41.3. The van der Waals surface area contributed by atoms with Crippen LogP contribution in [0, 0.1) is 13.8 Å². The summed E-state index contributed by atoms with van der Waals surface area (Å²) in [5, 5.41) is 15.3. The summed E-state index contributed by atoms with van der Waals surface area (Å²) in [5.41, 5.74) is 4.24. The van der Waals surface area contributed by atoms with Crippen molar-refractivity contribution >= 4 is 28.3 Å². The van der Waals surface area contributed by atoms with Gasteiger partial charge in [0.1, 0.15) is 18.7 Å². The Labute approximate surface area is 209 Å². The maximum absolute atomic E-state index is 12.9. The van der Waals surface area contributed by atoms with Crippen LogP contribution in [0.5, 0.6) is 0 Å². The van der Waals surface area contributed by atoms with Crippen molar-refractivity contribution in [3.05, 3.63) is 71.9 Å². The fourth-order valence-electron chi connectivity index (χ4n) is 3.97. The fourth-order valence-corrected chi connectivity index (χ4v) is 3.97. The molecule has 0 saturated heterocycles. The third-order valence-electron chi connectivity index (χ3n) is 5.67. The maximum Gasteiger partial charge on any atom is 0.408 e. The van der Waals surface area contributed by atoms with Crippen LogP contribution >= 0.6 is 0 Å². The van der Waals surface area contributed by atoms with E-state index >= 15 is 0 Å². The van der Waals surface area contributed by atoms with E-state index in [9.17, 15) is 18.0 Å². The number of rotatable bonds is 6. The lowest BCUT2D eigenvalue weighted by atomic mass is 10.0. The molecule has 0 atom stereocenters. The van der Waals surface area contributed by atoms with E-state index in [-0.39, 0.29) is 17.0 Å². The lowest BCUT2D eigenvalue weighted by Gasteiger charge is -2.10. The molecule has 0 amide bonds. The zero-order chi connectivity index (χ0) is 26.3. The molecule has 0 saturated carbocycles. The molecule has 4 aromatic heterocycles. The number of aromatic nitrogens is 7. The Hall–Kier alpha value is -4.61. The summed E-state index contributed by atoms with van der Waals surface area (Å²) in [6.45, 7) is 3.59. The fraction of sp³-hybridized carbons (Fsp3) is 0.200. The van der Waals surface area contributed by atoms with Gasteiger partial charge in [0.25, 0.3) is 0 Å². The Kier molecular flexibility index (Phi) is 5.94. The molecule has 0 radical (unpaired) electrons. The molecular formula is C25H21F3N8O. The number of fused-ring (bicyclic) bond motifs is 1. The summed E-state index contributed by atoms with van der Waals surface area (Å²) in [7, 11) is 0. The molecule has 5 rings (SSSR count). The minimum atomic E-state index is -4.43. The van der Waals surface area contributed by atoms with Gasteiger partial charge in [0, 0.05) is 23.0 Å². The van der Waals surface area contributed by atoms with Gasteiger partial charge >= 0.3 is 6.18 Å². The molecule has 0 aliphatic heterocycles. The molecule has 0 fully saturated rings. The third kappa shape index (κ3) is 5.03. The van der Waals surface area contributed by atoms with E-state index in [0.717, 1.165) is 21.6 Å². The number of benzene rings is 1. The summed E-state index contributed by atoms with van der Waals surface area (Å²) >= 11 is 0. The minimum absolute atomic E-state index is 0.258. The summed E-state index contributed by atoms with van der Waals surface area (Å²) in [6, 6.07) is 12.5.